The summed E-state index contributed by atoms with van der Waals surface area (Å²) >= 11 is 0. The van der Waals surface area contributed by atoms with Crippen molar-refractivity contribution in [2.75, 3.05) is 13.6 Å². The second-order valence-corrected chi connectivity index (χ2v) is 6.28. The summed E-state index contributed by atoms with van der Waals surface area (Å²) in [5, 5.41) is 3.12. The molecule has 1 atom stereocenters. The van der Waals surface area contributed by atoms with Crippen LogP contribution in [-0.4, -0.2) is 18.6 Å². The quantitative estimate of drug-likeness (QED) is 0.885. The van der Waals surface area contributed by atoms with Gasteiger partial charge in [-0.3, -0.25) is 0 Å². The Kier molecular flexibility index (Phi) is 5.39. The van der Waals surface area contributed by atoms with Crippen molar-refractivity contribution in [1.82, 2.24) is 10.3 Å². The number of likely N-dealkylation sites (N-methyl/N-ethyl adjacent to an activating group) is 1. The van der Waals surface area contributed by atoms with Gasteiger partial charge in [-0.2, -0.15) is 0 Å². The summed E-state index contributed by atoms with van der Waals surface area (Å²) in [6, 6.07) is 6.21. The molecule has 1 aromatic heterocycles. The average Bonchev–Trinajstić information content (AvgIpc) is 2.46. The molecule has 0 bridgehead atoms. The van der Waals surface area contributed by atoms with Crippen LogP contribution in [0.5, 0.6) is 11.6 Å². The van der Waals surface area contributed by atoms with Crippen molar-refractivity contribution in [3.63, 3.8) is 0 Å². The molecule has 0 saturated heterocycles. The Morgan fingerprint density at radius 3 is 2.26 bits per heavy atom. The second kappa shape index (κ2) is 7.11. The summed E-state index contributed by atoms with van der Waals surface area (Å²) in [7, 11) is 1.90. The first-order chi connectivity index (χ1) is 10.8. The first kappa shape index (κ1) is 17.4. The highest BCUT2D eigenvalue weighted by Crippen LogP contribution is 2.32. The van der Waals surface area contributed by atoms with Crippen molar-refractivity contribution in [3.8, 4) is 11.6 Å². The van der Waals surface area contributed by atoms with Gasteiger partial charge in [-0.15, -0.1) is 0 Å². The molecule has 0 radical (unpaired) electrons. The number of hydrogen-bond donors (Lipinski definition) is 2. The van der Waals surface area contributed by atoms with Crippen LogP contribution in [0.4, 0.5) is 0 Å². The van der Waals surface area contributed by atoms with Crippen LogP contribution < -0.4 is 15.8 Å². The Morgan fingerprint density at radius 1 is 1.09 bits per heavy atom. The van der Waals surface area contributed by atoms with Crippen LogP contribution in [-0.2, 0) is 0 Å². The largest absolute Gasteiger partial charge is 0.438 e. The Balaban J connectivity index is 2.45. The molecule has 0 aliphatic heterocycles. The van der Waals surface area contributed by atoms with Gasteiger partial charge in [0.05, 0.1) is 0 Å². The highest BCUT2D eigenvalue weighted by molar-refractivity contribution is 5.47. The van der Waals surface area contributed by atoms with Gasteiger partial charge in [0.1, 0.15) is 5.75 Å². The number of nitrogens with one attached hydrogen (secondary N) is 1. The third-order valence-electron chi connectivity index (χ3n) is 4.02. The normalized spacial score (nSPS) is 12.3. The van der Waals surface area contributed by atoms with Crippen molar-refractivity contribution in [2.24, 2.45) is 5.73 Å². The van der Waals surface area contributed by atoms with Gasteiger partial charge >= 0.3 is 0 Å². The summed E-state index contributed by atoms with van der Waals surface area (Å²) in [5.41, 5.74) is 12.7. The summed E-state index contributed by atoms with van der Waals surface area (Å²) < 4.78 is 6.19. The Bertz CT molecular complexity index is 687. The van der Waals surface area contributed by atoms with E-state index in [4.69, 9.17) is 10.5 Å². The molecule has 1 heterocycles. The van der Waals surface area contributed by atoms with Gasteiger partial charge in [0.25, 0.3) is 0 Å². The molecule has 2 rings (SSSR count). The monoisotopic (exact) mass is 313 g/mol. The standard InChI is InChI=1S/C19H27N3O/c1-11-7-12(2)18(13(3)8-11)23-19-15(5)16(9-14(4)22-19)17(20)10-21-6/h7-9,17,21H,10,20H2,1-6H3. The molecular formula is C19H27N3O. The fourth-order valence-corrected chi connectivity index (χ4v) is 2.97. The zero-order chi connectivity index (χ0) is 17.1. The number of aromatic nitrogens is 1. The van der Waals surface area contributed by atoms with E-state index in [-0.39, 0.29) is 6.04 Å². The minimum atomic E-state index is -0.0794. The summed E-state index contributed by atoms with van der Waals surface area (Å²) in [5.74, 6) is 1.52. The van der Waals surface area contributed by atoms with E-state index >= 15 is 0 Å². The maximum Gasteiger partial charge on any atom is 0.222 e. The van der Waals surface area contributed by atoms with Gasteiger partial charge in [-0.1, -0.05) is 17.7 Å². The van der Waals surface area contributed by atoms with Gasteiger partial charge in [0, 0.05) is 23.8 Å². The fourth-order valence-electron chi connectivity index (χ4n) is 2.97. The SMILES string of the molecule is CNCC(N)c1cc(C)nc(Oc2c(C)cc(C)cc2C)c1C. The number of pyridine rings is 1. The van der Waals surface area contributed by atoms with Crippen molar-refractivity contribution < 1.29 is 4.74 Å². The zero-order valence-corrected chi connectivity index (χ0v) is 14.9. The topological polar surface area (TPSA) is 60.2 Å². The maximum absolute atomic E-state index is 6.27. The van der Waals surface area contributed by atoms with Crippen molar-refractivity contribution >= 4 is 0 Å². The van der Waals surface area contributed by atoms with Gasteiger partial charge < -0.3 is 15.8 Å². The molecule has 3 N–H and O–H groups in total. The third kappa shape index (κ3) is 3.89. The number of hydrogen-bond acceptors (Lipinski definition) is 4. The van der Waals surface area contributed by atoms with Crippen LogP contribution in [0, 0.1) is 34.6 Å². The number of rotatable bonds is 5. The molecule has 4 heteroatoms. The molecule has 23 heavy (non-hydrogen) atoms. The minimum Gasteiger partial charge on any atom is -0.438 e. The fraction of sp³-hybridized carbons (Fsp3) is 0.421. The summed E-state index contributed by atoms with van der Waals surface area (Å²) in [4.78, 5) is 4.58. The predicted molar refractivity (Wildman–Crippen MR) is 95.3 cm³/mol. The van der Waals surface area contributed by atoms with Crippen molar-refractivity contribution in [3.05, 3.63) is 51.7 Å². The number of benzene rings is 1. The molecule has 0 saturated carbocycles. The lowest BCUT2D eigenvalue weighted by atomic mass is 10.0. The second-order valence-electron chi connectivity index (χ2n) is 6.28. The van der Waals surface area contributed by atoms with Crippen LogP contribution in [0.15, 0.2) is 18.2 Å². The first-order valence-electron chi connectivity index (χ1n) is 7.97. The Morgan fingerprint density at radius 2 is 1.70 bits per heavy atom. The van der Waals surface area contributed by atoms with E-state index in [9.17, 15) is 0 Å². The Labute approximate surface area is 139 Å². The minimum absolute atomic E-state index is 0.0794. The highest BCUT2D eigenvalue weighted by Gasteiger charge is 2.16. The lowest BCUT2D eigenvalue weighted by molar-refractivity contribution is 0.448. The van der Waals surface area contributed by atoms with Gasteiger partial charge in [0.2, 0.25) is 5.88 Å². The van der Waals surface area contributed by atoms with Crippen LogP contribution >= 0.6 is 0 Å². The molecule has 0 aliphatic carbocycles. The smallest absolute Gasteiger partial charge is 0.222 e. The predicted octanol–water partition coefficient (Wildman–Crippen LogP) is 3.64. The maximum atomic E-state index is 6.27. The number of nitrogens with two attached hydrogens (primary N) is 1. The molecule has 1 unspecified atom stereocenters. The number of aryl methyl sites for hydroxylation is 4. The molecule has 4 nitrogen and oxygen atoms in total. The van der Waals surface area contributed by atoms with Crippen LogP contribution in [0.1, 0.15) is 39.6 Å². The van der Waals surface area contributed by atoms with Crippen molar-refractivity contribution in [1.29, 1.82) is 0 Å². The average molecular weight is 313 g/mol. The van der Waals surface area contributed by atoms with Crippen LogP contribution in [0.2, 0.25) is 0 Å². The number of ether oxygens (including phenoxy) is 1. The zero-order valence-electron chi connectivity index (χ0n) is 14.9. The summed E-state index contributed by atoms with van der Waals surface area (Å²) in [6.07, 6.45) is 0. The van der Waals surface area contributed by atoms with E-state index in [1.165, 1.54) is 5.56 Å². The van der Waals surface area contributed by atoms with Crippen molar-refractivity contribution in [2.45, 2.75) is 40.7 Å². The molecule has 124 valence electrons. The summed E-state index contributed by atoms with van der Waals surface area (Å²) in [6.45, 7) is 10.9. The Hall–Kier alpha value is -1.91. The van der Waals surface area contributed by atoms with Gasteiger partial charge in [-0.05, 0) is 64.4 Å². The molecule has 1 aromatic carbocycles. The van der Waals surface area contributed by atoms with Gasteiger partial charge in [0.15, 0.2) is 0 Å². The lowest BCUT2D eigenvalue weighted by Crippen LogP contribution is -2.25. The molecule has 0 spiro atoms. The highest BCUT2D eigenvalue weighted by atomic mass is 16.5. The molecule has 0 amide bonds. The molecule has 2 aromatic rings. The third-order valence-corrected chi connectivity index (χ3v) is 4.02. The molecular weight excluding hydrogens is 286 g/mol. The van der Waals surface area contributed by atoms with E-state index in [1.807, 2.05) is 27.0 Å². The van der Waals surface area contributed by atoms with E-state index in [0.717, 1.165) is 33.7 Å². The number of nitrogens with zero attached hydrogens (tertiary/aromatic N) is 1. The lowest BCUT2D eigenvalue weighted by Gasteiger charge is -2.19. The molecule has 0 fully saturated rings. The van der Waals surface area contributed by atoms with E-state index in [1.54, 1.807) is 0 Å². The van der Waals surface area contributed by atoms with E-state index in [2.05, 4.69) is 43.2 Å². The first-order valence-corrected chi connectivity index (χ1v) is 7.97. The van der Waals surface area contributed by atoms with Crippen LogP contribution in [0.3, 0.4) is 0 Å². The van der Waals surface area contributed by atoms with Gasteiger partial charge in [-0.25, -0.2) is 4.98 Å². The van der Waals surface area contributed by atoms with E-state index < -0.39 is 0 Å². The molecule has 0 aliphatic rings. The van der Waals surface area contributed by atoms with Crippen LogP contribution in [0.25, 0.3) is 0 Å². The van der Waals surface area contributed by atoms with E-state index in [0.29, 0.717) is 12.4 Å².